The normalized spacial score (nSPS) is 12.8. The number of hydrogen-bond donors (Lipinski definition) is 1. The zero-order valence-corrected chi connectivity index (χ0v) is 23.6. The Kier molecular flexibility index (Phi) is 10.2. The van der Waals surface area contributed by atoms with Crippen LogP contribution in [0.15, 0.2) is 83.8 Å². The quantitative estimate of drug-likeness (QED) is 0.340. The lowest BCUT2D eigenvalue weighted by Crippen LogP contribution is -2.53. The number of anilines is 1. The highest BCUT2D eigenvalue weighted by Gasteiger charge is 2.34. The van der Waals surface area contributed by atoms with Crippen LogP contribution in [0.5, 0.6) is 0 Å². The van der Waals surface area contributed by atoms with Crippen LogP contribution in [0.2, 0.25) is 0 Å². The number of hydrogen-bond acceptors (Lipinski definition) is 4. The molecule has 3 aromatic rings. The first-order valence-corrected chi connectivity index (χ1v) is 14.5. The zero-order valence-electron chi connectivity index (χ0n) is 22.8. The van der Waals surface area contributed by atoms with E-state index in [-0.39, 0.29) is 29.1 Å². The summed E-state index contributed by atoms with van der Waals surface area (Å²) in [7, 11) is -4.19. The summed E-state index contributed by atoms with van der Waals surface area (Å²) in [5.41, 5.74) is 1.95. The summed E-state index contributed by atoms with van der Waals surface area (Å²) < 4.78 is 42.1. The zero-order chi connectivity index (χ0) is 28.6. The number of sulfonamides is 1. The first-order chi connectivity index (χ1) is 18.6. The number of halogens is 1. The molecule has 2 atom stereocenters. The van der Waals surface area contributed by atoms with Gasteiger partial charge < -0.3 is 10.2 Å². The van der Waals surface area contributed by atoms with Crippen molar-refractivity contribution in [2.75, 3.05) is 10.8 Å². The predicted octanol–water partition coefficient (Wildman–Crippen LogP) is 5.05. The van der Waals surface area contributed by atoms with E-state index in [1.54, 1.807) is 18.2 Å². The fourth-order valence-corrected chi connectivity index (χ4v) is 5.66. The molecule has 0 spiro atoms. The molecule has 3 aromatic carbocycles. The van der Waals surface area contributed by atoms with Crippen LogP contribution in [-0.4, -0.2) is 43.8 Å². The van der Waals surface area contributed by atoms with Gasteiger partial charge in [0.15, 0.2) is 0 Å². The molecule has 0 aliphatic carbocycles. The second-order valence-electron chi connectivity index (χ2n) is 9.55. The summed E-state index contributed by atoms with van der Waals surface area (Å²) in [4.78, 5) is 28.7. The summed E-state index contributed by atoms with van der Waals surface area (Å²) >= 11 is 0. The number of rotatable bonds is 12. The molecule has 1 N–H and O–H groups in total. The van der Waals surface area contributed by atoms with Crippen LogP contribution in [0, 0.1) is 12.7 Å². The van der Waals surface area contributed by atoms with E-state index >= 15 is 0 Å². The van der Waals surface area contributed by atoms with Gasteiger partial charge in [0.2, 0.25) is 11.8 Å². The lowest BCUT2D eigenvalue weighted by atomic mass is 10.1. The van der Waals surface area contributed by atoms with Crippen LogP contribution in [0.25, 0.3) is 0 Å². The van der Waals surface area contributed by atoms with Gasteiger partial charge in [0.05, 0.1) is 10.6 Å². The average molecular weight is 554 g/mol. The minimum absolute atomic E-state index is 0.00563. The molecule has 2 unspecified atom stereocenters. The summed E-state index contributed by atoms with van der Waals surface area (Å²) in [6.07, 6.45) is 1.06. The van der Waals surface area contributed by atoms with Gasteiger partial charge in [-0.1, -0.05) is 61.9 Å². The molecular weight excluding hydrogens is 517 g/mol. The molecule has 0 aliphatic rings. The molecule has 3 rings (SSSR count). The van der Waals surface area contributed by atoms with Crippen molar-refractivity contribution in [3.63, 3.8) is 0 Å². The van der Waals surface area contributed by atoms with E-state index in [0.717, 1.165) is 34.0 Å². The van der Waals surface area contributed by atoms with Crippen molar-refractivity contribution in [1.29, 1.82) is 0 Å². The maximum absolute atomic E-state index is 14.0. The molecule has 0 fully saturated rings. The highest BCUT2D eigenvalue weighted by molar-refractivity contribution is 7.92. The van der Waals surface area contributed by atoms with Crippen LogP contribution in [0.4, 0.5) is 10.1 Å². The van der Waals surface area contributed by atoms with Gasteiger partial charge in [-0.15, -0.1) is 0 Å². The summed E-state index contributed by atoms with van der Waals surface area (Å²) in [6.45, 7) is 7.15. The second-order valence-corrected chi connectivity index (χ2v) is 11.4. The molecule has 208 valence electrons. The molecule has 0 radical (unpaired) electrons. The maximum Gasteiger partial charge on any atom is 0.264 e. The van der Waals surface area contributed by atoms with Crippen LogP contribution < -0.4 is 9.62 Å². The highest BCUT2D eigenvalue weighted by atomic mass is 32.2. The maximum atomic E-state index is 14.0. The van der Waals surface area contributed by atoms with Crippen LogP contribution >= 0.6 is 0 Å². The molecule has 9 heteroatoms. The SMILES string of the molecule is CCC(C)NC(=O)C(CC)N(Cc1cccc(C)c1)C(=O)CN(c1ccc(F)cc1)S(=O)(=O)c1ccccc1. The Balaban J connectivity index is 2.04. The van der Waals surface area contributed by atoms with Gasteiger partial charge in [0, 0.05) is 12.6 Å². The van der Waals surface area contributed by atoms with Crippen molar-refractivity contribution in [2.45, 2.75) is 64.1 Å². The standard InChI is InChI=1S/C30H36FN3O4S/c1-5-23(4)32-30(36)28(6-2)33(20-24-12-10-11-22(3)19-24)29(35)21-34(26-17-15-25(31)16-18-26)39(37,38)27-13-8-7-9-14-27/h7-19,23,28H,5-6,20-21H2,1-4H3,(H,32,36). The Morgan fingerprint density at radius 3 is 2.18 bits per heavy atom. The van der Waals surface area contributed by atoms with E-state index < -0.39 is 34.3 Å². The summed E-state index contributed by atoms with van der Waals surface area (Å²) in [5, 5.41) is 2.95. The number of nitrogens with one attached hydrogen (secondary N) is 1. The number of amides is 2. The third-order valence-electron chi connectivity index (χ3n) is 6.55. The van der Waals surface area contributed by atoms with Crippen LogP contribution in [-0.2, 0) is 26.2 Å². The fourth-order valence-electron chi connectivity index (χ4n) is 4.22. The average Bonchev–Trinajstić information content (AvgIpc) is 2.92. The Morgan fingerprint density at radius 1 is 0.923 bits per heavy atom. The van der Waals surface area contributed by atoms with Crippen molar-refractivity contribution in [3.8, 4) is 0 Å². The second kappa shape index (κ2) is 13.4. The third kappa shape index (κ3) is 7.66. The molecule has 0 bridgehead atoms. The van der Waals surface area contributed by atoms with E-state index in [2.05, 4.69) is 5.32 Å². The Morgan fingerprint density at radius 2 is 1.59 bits per heavy atom. The Labute approximate surface area is 230 Å². The van der Waals surface area contributed by atoms with E-state index in [1.807, 2.05) is 52.0 Å². The number of carbonyl (C=O) groups excluding carboxylic acids is 2. The van der Waals surface area contributed by atoms with E-state index in [9.17, 15) is 22.4 Å². The molecular formula is C30H36FN3O4S. The first-order valence-electron chi connectivity index (χ1n) is 13.1. The van der Waals surface area contributed by atoms with Gasteiger partial charge in [-0.25, -0.2) is 12.8 Å². The number of aryl methyl sites for hydroxylation is 1. The van der Waals surface area contributed by atoms with Gasteiger partial charge >= 0.3 is 0 Å². The molecule has 0 heterocycles. The molecule has 0 saturated heterocycles. The van der Waals surface area contributed by atoms with Gasteiger partial charge in [-0.3, -0.25) is 13.9 Å². The van der Waals surface area contributed by atoms with Crippen molar-refractivity contribution in [2.24, 2.45) is 0 Å². The summed E-state index contributed by atoms with van der Waals surface area (Å²) in [5.74, 6) is -1.38. The predicted molar refractivity (Wildman–Crippen MR) is 151 cm³/mol. The Hall–Kier alpha value is -3.72. The highest BCUT2D eigenvalue weighted by Crippen LogP contribution is 2.25. The molecule has 0 aliphatic heterocycles. The molecule has 0 saturated carbocycles. The van der Waals surface area contributed by atoms with Crippen molar-refractivity contribution < 1.29 is 22.4 Å². The molecule has 0 aromatic heterocycles. The lowest BCUT2D eigenvalue weighted by Gasteiger charge is -2.33. The Bertz CT molecular complexity index is 1360. The van der Waals surface area contributed by atoms with Gasteiger partial charge in [-0.2, -0.15) is 0 Å². The first kappa shape index (κ1) is 29.8. The van der Waals surface area contributed by atoms with Crippen LogP contribution in [0.1, 0.15) is 44.7 Å². The molecule has 7 nitrogen and oxygen atoms in total. The minimum Gasteiger partial charge on any atom is -0.352 e. The lowest BCUT2D eigenvalue weighted by molar-refractivity contribution is -0.140. The smallest absolute Gasteiger partial charge is 0.264 e. The molecule has 2 amide bonds. The van der Waals surface area contributed by atoms with Crippen molar-refractivity contribution in [3.05, 3.63) is 95.8 Å². The minimum atomic E-state index is -4.19. The van der Waals surface area contributed by atoms with E-state index in [0.29, 0.717) is 6.42 Å². The number of carbonyl (C=O) groups is 2. The third-order valence-corrected chi connectivity index (χ3v) is 8.34. The van der Waals surface area contributed by atoms with E-state index in [4.69, 9.17) is 0 Å². The monoisotopic (exact) mass is 553 g/mol. The van der Waals surface area contributed by atoms with Crippen molar-refractivity contribution >= 4 is 27.5 Å². The number of nitrogens with zero attached hydrogens (tertiary/aromatic N) is 2. The van der Waals surface area contributed by atoms with Crippen molar-refractivity contribution in [1.82, 2.24) is 10.2 Å². The number of benzene rings is 3. The van der Waals surface area contributed by atoms with E-state index in [1.165, 1.54) is 29.2 Å². The topological polar surface area (TPSA) is 86.8 Å². The van der Waals surface area contributed by atoms with Gasteiger partial charge in [-0.05, 0) is 68.7 Å². The fraction of sp³-hybridized carbons (Fsp3) is 0.333. The van der Waals surface area contributed by atoms with Gasteiger partial charge in [0.25, 0.3) is 10.0 Å². The van der Waals surface area contributed by atoms with Crippen LogP contribution in [0.3, 0.4) is 0 Å². The summed E-state index contributed by atoms with van der Waals surface area (Å²) in [6, 6.07) is 19.4. The van der Waals surface area contributed by atoms with Gasteiger partial charge in [0.1, 0.15) is 18.4 Å². The largest absolute Gasteiger partial charge is 0.352 e. The molecule has 39 heavy (non-hydrogen) atoms.